The van der Waals surface area contributed by atoms with Gasteiger partial charge >= 0.3 is 0 Å². The van der Waals surface area contributed by atoms with E-state index in [1.165, 1.54) is 18.2 Å². The Morgan fingerprint density at radius 2 is 1.83 bits per heavy atom. The van der Waals surface area contributed by atoms with E-state index in [0.29, 0.717) is 17.8 Å². The zero-order chi connectivity index (χ0) is 13.1. The number of hydrogen-bond acceptors (Lipinski definition) is 1. The average molecular weight is 268 g/mol. The third-order valence-corrected chi connectivity index (χ3v) is 2.96. The molecule has 94 valence electrons. The smallest absolute Gasteiger partial charge is 0.143 e. The van der Waals surface area contributed by atoms with E-state index in [0.717, 1.165) is 5.56 Å². The van der Waals surface area contributed by atoms with Gasteiger partial charge in [-0.15, -0.1) is 0 Å². The van der Waals surface area contributed by atoms with Crippen molar-refractivity contribution < 1.29 is 8.78 Å². The molecule has 0 atom stereocenters. The predicted octanol–water partition coefficient (Wildman–Crippen LogP) is 4.54. The van der Waals surface area contributed by atoms with Crippen LogP contribution in [0.3, 0.4) is 0 Å². The lowest BCUT2D eigenvalue weighted by atomic mass is 10.1. The van der Waals surface area contributed by atoms with E-state index in [-0.39, 0.29) is 10.8 Å². The van der Waals surface area contributed by atoms with Crippen molar-refractivity contribution in [1.29, 1.82) is 0 Å². The van der Waals surface area contributed by atoms with E-state index in [1.807, 2.05) is 6.07 Å². The normalized spacial score (nSPS) is 10.4. The van der Waals surface area contributed by atoms with Gasteiger partial charge in [0, 0.05) is 12.2 Å². The fourth-order valence-corrected chi connectivity index (χ4v) is 1.67. The van der Waals surface area contributed by atoms with Crippen LogP contribution in [0.25, 0.3) is 0 Å². The Kier molecular flexibility index (Phi) is 3.82. The van der Waals surface area contributed by atoms with Gasteiger partial charge in [-0.05, 0) is 42.3 Å². The molecule has 18 heavy (non-hydrogen) atoms. The van der Waals surface area contributed by atoms with Crippen LogP contribution >= 0.6 is 11.6 Å². The minimum atomic E-state index is -0.475. The molecule has 0 unspecified atom stereocenters. The van der Waals surface area contributed by atoms with Crippen molar-refractivity contribution in [2.75, 3.05) is 5.32 Å². The minimum absolute atomic E-state index is 0.0851. The van der Waals surface area contributed by atoms with E-state index in [1.54, 1.807) is 19.1 Å². The van der Waals surface area contributed by atoms with Crippen LogP contribution in [0.2, 0.25) is 5.02 Å². The Morgan fingerprint density at radius 3 is 2.50 bits per heavy atom. The van der Waals surface area contributed by atoms with Crippen molar-refractivity contribution in [3.8, 4) is 0 Å². The summed E-state index contributed by atoms with van der Waals surface area (Å²) in [5, 5.41) is 3.10. The number of hydrogen-bond donors (Lipinski definition) is 1. The summed E-state index contributed by atoms with van der Waals surface area (Å²) in [7, 11) is 0. The fourth-order valence-electron chi connectivity index (χ4n) is 1.56. The van der Waals surface area contributed by atoms with E-state index in [4.69, 9.17) is 11.6 Å². The maximum atomic E-state index is 13.3. The minimum Gasteiger partial charge on any atom is -0.381 e. The molecule has 0 aliphatic heterocycles. The highest BCUT2D eigenvalue weighted by molar-refractivity contribution is 6.30. The Balaban J connectivity index is 2.06. The molecule has 0 bridgehead atoms. The summed E-state index contributed by atoms with van der Waals surface area (Å²) in [5.74, 6) is -0.714. The summed E-state index contributed by atoms with van der Waals surface area (Å²) < 4.78 is 26.5. The number of aryl methyl sites for hydroxylation is 1. The SMILES string of the molecule is Cc1ccc(CNc2ccc(Cl)c(F)c2)cc1F. The van der Waals surface area contributed by atoms with Crippen LogP contribution in [0.5, 0.6) is 0 Å². The number of nitrogens with one attached hydrogen (secondary N) is 1. The van der Waals surface area contributed by atoms with Crippen LogP contribution in [0.1, 0.15) is 11.1 Å². The van der Waals surface area contributed by atoms with Crippen LogP contribution in [0.4, 0.5) is 14.5 Å². The number of halogens is 3. The molecule has 0 aromatic heterocycles. The van der Waals surface area contributed by atoms with E-state index in [2.05, 4.69) is 5.32 Å². The third kappa shape index (κ3) is 2.99. The Bertz CT molecular complexity index is 518. The Morgan fingerprint density at radius 1 is 1.06 bits per heavy atom. The molecule has 2 aromatic carbocycles. The molecule has 0 saturated carbocycles. The lowest BCUT2D eigenvalue weighted by molar-refractivity contribution is 0.616. The molecule has 1 N–H and O–H groups in total. The number of anilines is 1. The fraction of sp³-hybridized carbons (Fsp3) is 0.143. The molecular weight excluding hydrogens is 256 g/mol. The van der Waals surface area contributed by atoms with Crippen molar-refractivity contribution in [2.45, 2.75) is 13.5 Å². The molecule has 4 heteroatoms. The maximum Gasteiger partial charge on any atom is 0.143 e. The standard InChI is InChI=1S/C14H12ClF2N/c1-9-2-3-10(6-13(9)16)8-18-11-4-5-12(15)14(17)7-11/h2-7,18H,8H2,1H3. The van der Waals surface area contributed by atoms with Crippen LogP contribution < -0.4 is 5.32 Å². The molecule has 0 heterocycles. The average Bonchev–Trinajstić information content (AvgIpc) is 2.35. The first kappa shape index (κ1) is 12.8. The first-order valence-corrected chi connectivity index (χ1v) is 5.88. The maximum absolute atomic E-state index is 13.3. The summed E-state index contributed by atoms with van der Waals surface area (Å²) in [4.78, 5) is 0. The third-order valence-electron chi connectivity index (χ3n) is 2.65. The largest absolute Gasteiger partial charge is 0.381 e. The molecule has 0 spiro atoms. The number of rotatable bonds is 3. The first-order valence-electron chi connectivity index (χ1n) is 5.50. The van der Waals surface area contributed by atoms with Crippen molar-refractivity contribution in [3.63, 3.8) is 0 Å². The lowest BCUT2D eigenvalue weighted by Gasteiger charge is -2.08. The van der Waals surface area contributed by atoms with Gasteiger partial charge < -0.3 is 5.32 Å². The second-order valence-electron chi connectivity index (χ2n) is 4.07. The summed E-state index contributed by atoms with van der Waals surface area (Å²) in [5.41, 5.74) is 2.02. The van der Waals surface area contributed by atoms with E-state index >= 15 is 0 Å². The van der Waals surface area contributed by atoms with Gasteiger partial charge in [-0.1, -0.05) is 23.7 Å². The predicted molar refractivity (Wildman–Crippen MR) is 69.9 cm³/mol. The zero-order valence-corrected chi connectivity index (χ0v) is 10.6. The highest BCUT2D eigenvalue weighted by atomic mass is 35.5. The topological polar surface area (TPSA) is 12.0 Å². The van der Waals surface area contributed by atoms with Crippen LogP contribution in [0.15, 0.2) is 36.4 Å². The summed E-state index contributed by atoms with van der Waals surface area (Å²) in [6.07, 6.45) is 0. The second kappa shape index (κ2) is 5.36. The van der Waals surface area contributed by atoms with Crippen molar-refractivity contribution in [2.24, 2.45) is 0 Å². The van der Waals surface area contributed by atoms with E-state index in [9.17, 15) is 8.78 Å². The highest BCUT2D eigenvalue weighted by Crippen LogP contribution is 2.19. The van der Waals surface area contributed by atoms with E-state index < -0.39 is 5.82 Å². The van der Waals surface area contributed by atoms with Gasteiger partial charge in [0.25, 0.3) is 0 Å². The molecule has 0 fully saturated rings. The van der Waals surface area contributed by atoms with Crippen molar-refractivity contribution in [3.05, 3.63) is 64.2 Å². The summed E-state index contributed by atoms with van der Waals surface area (Å²) >= 11 is 5.58. The second-order valence-corrected chi connectivity index (χ2v) is 4.47. The van der Waals surface area contributed by atoms with Gasteiger partial charge in [0.05, 0.1) is 5.02 Å². The van der Waals surface area contributed by atoms with Gasteiger partial charge in [-0.3, -0.25) is 0 Å². The Hall–Kier alpha value is -1.61. The molecule has 0 aliphatic carbocycles. The van der Waals surface area contributed by atoms with Crippen molar-refractivity contribution in [1.82, 2.24) is 0 Å². The summed E-state index contributed by atoms with van der Waals surface area (Å²) in [6.45, 7) is 2.14. The van der Waals surface area contributed by atoms with Crippen LogP contribution in [0, 0.1) is 18.6 Å². The molecule has 1 nitrogen and oxygen atoms in total. The molecule has 0 amide bonds. The quantitative estimate of drug-likeness (QED) is 0.861. The van der Waals surface area contributed by atoms with Crippen LogP contribution in [-0.2, 0) is 6.54 Å². The molecule has 0 radical (unpaired) electrons. The molecule has 0 saturated heterocycles. The van der Waals surface area contributed by atoms with Gasteiger partial charge in [0.15, 0.2) is 0 Å². The van der Waals surface area contributed by atoms with Gasteiger partial charge in [-0.2, -0.15) is 0 Å². The number of benzene rings is 2. The van der Waals surface area contributed by atoms with Crippen LogP contribution in [-0.4, -0.2) is 0 Å². The summed E-state index contributed by atoms with van der Waals surface area (Å²) in [6, 6.07) is 9.48. The molecular formula is C14H12ClF2N. The molecule has 0 aliphatic rings. The van der Waals surface area contributed by atoms with Gasteiger partial charge in [0.1, 0.15) is 11.6 Å². The van der Waals surface area contributed by atoms with Gasteiger partial charge in [0.2, 0.25) is 0 Å². The zero-order valence-electron chi connectivity index (χ0n) is 9.81. The highest BCUT2D eigenvalue weighted by Gasteiger charge is 2.02. The first-order chi connectivity index (χ1) is 8.56. The monoisotopic (exact) mass is 267 g/mol. The van der Waals surface area contributed by atoms with Crippen molar-refractivity contribution >= 4 is 17.3 Å². The lowest BCUT2D eigenvalue weighted by Crippen LogP contribution is -2.00. The molecule has 2 aromatic rings. The Labute approximate surface area is 109 Å². The van der Waals surface area contributed by atoms with Gasteiger partial charge in [-0.25, -0.2) is 8.78 Å². The molecule has 2 rings (SSSR count).